The first kappa shape index (κ1) is 21.5. The Balaban J connectivity index is 0. The Hall–Kier alpha value is -0.756. The Labute approximate surface area is 128 Å². The second kappa shape index (κ2) is 12.0. The third-order valence-electron chi connectivity index (χ3n) is 2.69. The molecule has 0 aliphatic carbocycles. The molecule has 8 heteroatoms. The van der Waals surface area contributed by atoms with Gasteiger partial charge in [-0.1, -0.05) is 27.7 Å². The van der Waals surface area contributed by atoms with E-state index in [1.54, 1.807) is 27.7 Å². The molecule has 0 saturated carbocycles. The first-order valence-corrected chi connectivity index (χ1v) is 6.91. The summed E-state index contributed by atoms with van der Waals surface area (Å²) in [5, 5.41) is 27.2. The van der Waals surface area contributed by atoms with Crippen LogP contribution in [0.2, 0.25) is 0 Å². The minimum absolute atomic E-state index is 0.0861. The van der Waals surface area contributed by atoms with Crippen LogP contribution in [0.1, 0.15) is 27.7 Å². The second-order valence-corrected chi connectivity index (χ2v) is 4.99. The number of rotatable bonds is 9. The van der Waals surface area contributed by atoms with Crippen LogP contribution in [0.3, 0.4) is 0 Å². The van der Waals surface area contributed by atoms with E-state index in [0.29, 0.717) is 13.1 Å². The third-order valence-corrected chi connectivity index (χ3v) is 2.69. The van der Waals surface area contributed by atoms with E-state index in [9.17, 15) is 19.8 Å². The predicted molar refractivity (Wildman–Crippen MR) is 64.0 cm³/mol. The summed E-state index contributed by atoms with van der Waals surface area (Å²) in [5.74, 6) is -2.47. The third kappa shape index (κ3) is 9.20. The van der Waals surface area contributed by atoms with E-state index in [0.717, 1.165) is 17.4 Å². The zero-order valence-corrected chi connectivity index (χ0v) is 13.6. The Morgan fingerprint density at radius 1 is 0.850 bits per heavy atom. The zero-order valence-electron chi connectivity index (χ0n) is 12.2. The van der Waals surface area contributed by atoms with Crippen LogP contribution in [0.5, 0.6) is 0 Å². The van der Waals surface area contributed by atoms with E-state index in [2.05, 4.69) is 10.6 Å². The topological polar surface area (TPSA) is 121 Å². The molecule has 0 saturated heterocycles. The predicted octanol–water partition coefficient (Wildman–Crippen LogP) is -2.41. The van der Waals surface area contributed by atoms with E-state index < -0.39 is 24.0 Å². The Morgan fingerprint density at radius 2 is 1.10 bits per heavy atom. The summed E-state index contributed by atoms with van der Waals surface area (Å²) < 4.78 is 8.19. The molecule has 2 atom stereocenters. The number of aliphatic carboxylic acids is 2. The van der Waals surface area contributed by atoms with E-state index >= 15 is 0 Å². The van der Waals surface area contributed by atoms with Crippen molar-refractivity contribution in [2.45, 2.75) is 39.8 Å². The summed E-state index contributed by atoms with van der Waals surface area (Å²) in [6.07, 6.45) is 0. The zero-order chi connectivity index (χ0) is 16.3. The Kier molecular flexibility index (Phi) is 12.9. The number of hydrogen-bond acceptors (Lipinski definition) is 7. The van der Waals surface area contributed by atoms with Gasteiger partial charge in [0, 0.05) is 25.2 Å². The second-order valence-electron chi connectivity index (χ2n) is 4.99. The van der Waals surface area contributed by atoms with Crippen molar-refractivity contribution in [3.63, 3.8) is 0 Å². The van der Waals surface area contributed by atoms with Crippen molar-refractivity contribution in [2.24, 2.45) is 11.8 Å². The summed E-state index contributed by atoms with van der Waals surface area (Å²) >= 11 is 1.06. The molecule has 115 valence electrons. The van der Waals surface area contributed by atoms with Gasteiger partial charge in [-0.15, -0.1) is 0 Å². The molecule has 7 nitrogen and oxygen atoms in total. The van der Waals surface area contributed by atoms with Gasteiger partial charge in [-0.2, -0.15) is 0 Å². The number of nitrogens with one attached hydrogen (secondary N) is 2. The van der Waals surface area contributed by atoms with Crippen molar-refractivity contribution >= 4 is 11.9 Å². The molecular weight excluding hydrogens is 303 g/mol. The molecule has 0 aromatic carbocycles. The van der Waals surface area contributed by atoms with Gasteiger partial charge in [0.15, 0.2) is 0 Å². The van der Waals surface area contributed by atoms with Gasteiger partial charge in [-0.25, -0.2) is 0 Å². The molecule has 2 N–H and O–H groups in total. The van der Waals surface area contributed by atoms with Crippen molar-refractivity contribution in [1.82, 2.24) is 10.6 Å². The SMILES string of the molecule is CC(C)C(NCCN[C@H](C(=O)[O-])C(C)C)C(=O)[O-].[O]=[V+2]. The molecule has 20 heavy (non-hydrogen) atoms. The number of carboxylic acid groups (broad SMARTS) is 2. The molecule has 1 unspecified atom stereocenters. The summed E-state index contributed by atoms with van der Waals surface area (Å²) in [4.78, 5) is 21.6. The maximum atomic E-state index is 10.8. The number of carbonyl (C=O) groups excluding carboxylic acids is 2. The minimum atomic E-state index is -1.15. The molecule has 0 spiro atoms. The van der Waals surface area contributed by atoms with Crippen molar-refractivity contribution in [3.05, 3.63) is 0 Å². The molecule has 0 fully saturated rings. The molecule has 0 bridgehead atoms. The Morgan fingerprint density at radius 3 is 1.25 bits per heavy atom. The quantitative estimate of drug-likeness (QED) is 0.453. The summed E-state index contributed by atoms with van der Waals surface area (Å²) in [5.41, 5.74) is 0. The van der Waals surface area contributed by atoms with Gasteiger partial charge >= 0.3 is 21.0 Å². The summed E-state index contributed by atoms with van der Waals surface area (Å²) in [6.45, 7) is 7.82. The molecular formula is C12H22N2O5V. The molecule has 0 aromatic rings. The normalized spacial score (nSPS) is 13.6. The monoisotopic (exact) mass is 325 g/mol. The van der Waals surface area contributed by atoms with Crippen LogP contribution >= 0.6 is 0 Å². The molecule has 0 aliphatic heterocycles. The van der Waals surface area contributed by atoms with Crippen molar-refractivity contribution in [1.29, 1.82) is 0 Å². The van der Waals surface area contributed by atoms with Crippen LogP contribution in [0.25, 0.3) is 0 Å². The molecule has 0 radical (unpaired) electrons. The van der Waals surface area contributed by atoms with Crippen LogP contribution < -0.4 is 20.8 Å². The number of carboxylic acids is 2. The standard InChI is InChI=1S/C12H24N2O4.O.V/c1-7(2)9(11(15)16)13-5-6-14-10(8(3)4)12(17)18;;/h7-10,13-14H,5-6H2,1-4H3,(H,15,16)(H,17,18);;/q;;+2/p-2/t9-,10?;;/m0../s1. The molecule has 0 rings (SSSR count). The van der Waals surface area contributed by atoms with Crippen LogP contribution in [0, 0.1) is 11.8 Å². The van der Waals surface area contributed by atoms with Crippen LogP contribution in [0.15, 0.2) is 0 Å². The summed E-state index contributed by atoms with van der Waals surface area (Å²) in [6, 6.07) is -1.46. The van der Waals surface area contributed by atoms with Gasteiger partial charge < -0.3 is 30.4 Å². The van der Waals surface area contributed by atoms with Crippen LogP contribution in [0.4, 0.5) is 0 Å². The van der Waals surface area contributed by atoms with Crippen molar-refractivity contribution < 1.29 is 40.8 Å². The van der Waals surface area contributed by atoms with Gasteiger partial charge in [0.25, 0.3) is 0 Å². The van der Waals surface area contributed by atoms with Gasteiger partial charge in [-0.3, -0.25) is 0 Å². The van der Waals surface area contributed by atoms with Gasteiger partial charge in [0.1, 0.15) is 0 Å². The van der Waals surface area contributed by atoms with E-state index in [1.165, 1.54) is 0 Å². The number of carbonyl (C=O) groups is 2. The fraction of sp³-hybridized carbons (Fsp3) is 0.833. The molecule has 0 aliphatic rings. The molecule has 0 aromatic heterocycles. The Bertz CT molecular complexity index is 272. The fourth-order valence-electron chi connectivity index (χ4n) is 1.64. The number of hydrogen-bond donors (Lipinski definition) is 2. The van der Waals surface area contributed by atoms with Crippen LogP contribution in [-0.2, 0) is 30.6 Å². The first-order chi connectivity index (χ1) is 9.27. The maximum absolute atomic E-state index is 10.8. The average molecular weight is 325 g/mol. The summed E-state index contributed by atoms with van der Waals surface area (Å²) in [7, 11) is 0. The molecule has 0 heterocycles. The van der Waals surface area contributed by atoms with E-state index in [-0.39, 0.29) is 11.8 Å². The molecule has 0 amide bonds. The van der Waals surface area contributed by atoms with Crippen LogP contribution in [-0.4, -0.2) is 37.1 Å². The fourth-order valence-corrected chi connectivity index (χ4v) is 1.64. The van der Waals surface area contributed by atoms with Gasteiger partial charge in [0.05, 0.1) is 11.9 Å². The van der Waals surface area contributed by atoms with Gasteiger partial charge in [-0.05, 0) is 11.8 Å². The van der Waals surface area contributed by atoms with E-state index in [1.807, 2.05) is 0 Å². The van der Waals surface area contributed by atoms with Crippen molar-refractivity contribution in [3.8, 4) is 0 Å². The first-order valence-electron chi connectivity index (χ1n) is 6.34. The average Bonchev–Trinajstić information content (AvgIpc) is 2.34. The van der Waals surface area contributed by atoms with Crippen molar-refractivity contribution in [2.75, 3.05) is 13.1 Å². The van der Waals surface area contributed by atoms with E-state index in [4.69, 9.17) is 3.67 Å². The van der Waals surface area contributed by atoms with Gasteiger partial charge in [0.2, 0.25) is 0 Å².